The minimum Gasteiger partial charge on any atom is -0.396 e. The van der Waals surface area contributed by atoms with Gasteiger partial charge in [-0.2, -0.15) is 10.5 Å². The van der Waals surface area contributed by atoms with Crippen molar-refractivity contribution in [2.24, 2.45) is 0 Å². The van der Waals surface area contributed by atoms with E-state index in [9.17, 15) is 0 Å². The Bertz CT molecular complexity index is 947. The van der Waals surface area contributed by atoms with Gasteiger partial charge in [0.15, 0.2) is 5.16 Å². The zero-order valence-corrected chi connectivity index (χ0v) is 14.1. The minimum absolute atomic E-state index is 0.0666. The summed E-state index contributed by atoms with van der Waals surface area (Å²) in [4.78, 5) is 4.66. The molecule has 0 aliphatic rings. The van der Waals surface area contributed by atoms with Crippen molar-refractivity contribution < 1.29 is 5.11 Å². The first-order valence-electron chi connectivity index (χ1n) is 7.59. The molecule has 0 amide bonds. The second-order valence-corrected chi connectivity index (χ2v) is 6.26. The fourth-order valence-electron chi connectivity index (χ4n) is 2.34. The van der Waals surface area contributed by atoms with Crippen molar-refractivity contribution in [3.63, 3.8) is 0 Å². The largest absolute Gasteiger partial charge is 0.396 e. The molecular weight excluding hydrogens is 332 g/mol. The summed E-state index contributed by atoms with van der Waals surface area (Å²) in [6, 6.07) is 18.7. The van der Waals surface area contributed by atoms with Crippen molar-refractivity contribution in [2.45, 2.75) is 5.16 Å². The second-order valence-electron chi connectivity index (χ2n) is 5.20. The van der Waals surface area contributed by atoms with Gasteiger partial charge >= 0.3 is 0 Å². The quantitative estimate of drug-likeness (QED) is 0.716. The van der Waals surface area contributed by atoms with Crippen LogP contribution in [0.4, 0.5) is 0 Å². The Hall–Kier alpha value is -3.06. The van der Waals surface area contributed by atoms with Crippen molar-refractivity contribution in [3.05, 3.63) is 65.9 Å². The van der Waals surface area contributed by atoms with Crippen LogP contribution >= 0.6 is 11.8 Å². The summed E-state index contributed by atoms with van der Waals surface area (Å²) in [5, 5.41) is 27.7. The highest BCUT2D eigenvalue weighted by Crippen LogP contribution is 2.27. The van der Waals surface area contributed by atoms with Gasteiger partial charge in [-0.25, -0.2) is 4.98 Å². The molecular formula is C19H14N4OS. The molecule has 0 fully saturated rings. The van der Waals surface area contributed by atoms with E-state index in [-0.39, 0.29) is 6.61 Å². The number of nitrogens with zero attached hydrogens (tertiary/aromatic N) is 4. The van der Waals surface area contributed by atoms with Crippen LogP contribution in [0.15, 0.2) is 59.9 Å². The standard InChI is InChI=1S/C19H14N4OS/c20-11-14-1-5-16(6-2-14)18-13-23(19(22-18)25-10-9-24)17-7-3-15(12-21)4-8-17/h1-8,13,24H,9-10H2. The van der Waals surface area contributed by atoms with Crippen molar-refractivity contribution in [1.82, 2.24) is 9.55 Å². The third-order valence-electron chi connectivity index (χ3n) is 3.58. The van der Waals surface area contributed by atoms with Gasteiger partial charge < -0.3 is 5.11 Å². The van der Waals surface area contributed by atoms with E-state index in [2.05, 4.69) is 17.1 Å². The summed E-state index contributed by atoms with van der Waals surface area (Å²) in [6.45, 7) is 0.0666. The molecule has 0 saturated carbocycles. The molecule has 5 nitrogen and oxygen atoms in total. The maximum absolute atomic E-state index is 9.11. The van der Waals surface area contributed by atoms with Crippen molar-refractivity contribution >= 4 is 11.8 Å². The lowest BCUT2D eigenvalue weighted by Crippen LogP contribution is -1.96. The molecule has 1 heterocycles. The number of aliphatic hydroxyl groups is 1. The third kappa shape index (κ3) is 3.72. The van der Waals surface area contributed by atoms with Crippen LogP contribution in [-0.2, 0) is 0 Å². The Morgan fingerprint density at radius 3 is 2.12 bits per heavy atom. The zero-order chi connectivity index (χ0) is 17.6. The number of benzene rings is 2. The predicted octanol–water partition coefficient (Wildman–Crippen LogP) is 3.37. The summed E-state index contributed by atoms with van der Waals surface area (Å²) < 4.78 is 1.94. The molecule has 1 aromatic heterocycles. The Balaban J connectivity index is 2.01. The van der Waals surface area contributed by atoms with Crippen LogP contribution in [-0.4, -0.2) is 27.0 Å². The van der Waals surface area contributed by atoms with E-state index < -0.39 is 0 Å². The highest BCUT2D eigenvalue weighted by Gasteiger charge is 2.12. The maximum atomic E-state index is 9.11. The predicted molar refractivity (Wildman–Crippen MR) is 96.2 cm³/mol. The number of aromatic nitrogens is 2. The van der Waals surface area contributed by atoms with Crippen molar-refractivity contribution in [3.8, 4) is 29.1 Å². The van der Waals surface area contributed by atoms with E-state index in [4.69, 9.17) is 15.6 Å². The van der Waals surface area contributed by atoms with Gasteiger partial charge in [-0.05, 0) is 36.4 Å². The normalized spacial score (nSPS) is 10.2. The number of aliphatic hydroxyl groups excluding tert-OH is 1. The Labute approximate surface area is 149 Å². The van der Waals surface area contributed by atoms with E-state index in [0.29, 0.717) is 16.9 Å². The van der Waals surface area contributed by atoms with E-state index in [1.165, 1.54) is 11.8 Å². The maximum Gasteiger partial charge on any atom is 0.173 e. The fraction of sp³-hybridized carbons (Fsp3) is 0.105. The number of rotatable bonds is 5. The van der Waals surface area contributed by atoms with E-state index in [1.807, 2.05) is 35.0 Å². The lowest BCUT2D eigenvalue weighted by molar-refractivity contribution is 0.322. The van der Waals surface area contributed by atoms with Gasteiger partial charge in [-0.3, -0.25) is 4.57 Å². The van der Waals surface area contributed by atoms with Crippen molar-refractivity contribution in [1.29, 1.82) is 10.5 Å². The van der Waals surface area contributed by atoms with Gasteiger partial charge in [0.05, 0.1) is 35.6 Å². The molecule has 0 bridgehead atoms. The van der Waals surface area contributed by atoms with Crippen LogP contribution in [0.25, 0.3) is 16.9 Å². The Morgan fingerprint density at radius 1 is 0.960 bits per heavy atom. The second kappa shape index (κ2) is 7.67. The van der Waals surface area contributed by atoms with Crippen molar-refractivity contribution in [2.75, 3.05) is 12.4 Å². The molecule has 0 atom stereocenters. The SMILES string of the molecule is N#Cc1ccc(-c2cn(-c3ccc(C#N)cc3)c(SCCO)n2)cc1. The zero-order valence-electron chi connectivity index (χ0n) is 13.3. The first kappa shape index (κ1) is 16.8. The Morgan fingerprint density at radius 2 is 1.56 bits per heavy atom. The van der Waals surface area contributed by atoms with E-state index in [0.717, 1.165) is 22.1 Å². The van der Waals surface area contributed by atoms with Gasteiger partial charge in [-0.15, -0.1) is 0 Å². The van der Waals surface area contributed by atoms with Gasteiger partial charge in [0, 0.05) is 23.2 Å². The summed E-state index contributed by atoms with van der Waals surface area (Å²) in [5.41, 5.74) is 3.80. The van der Waals surface area contributed by atoms with Gasteiger partial charge in [-0.1, -0.05) is 23.9 Å². The third-order valence-corrected chi connectivity index (χ3v) is 4.51. The fourth-order valence-corrected chi connectivity index (χ4v) is 3.07. The first-order valence-corrected chi connectivity index (χ1v) is 8.58. The summed E-state index contributed by atoms with van der Waals surface area (Å²) in [6.07, 6.45) is 1.92. The number of imidazole rings is 1. The smallest absolute Gasteiger partial charge is 0.173 e. The molecule has 25 heavy (non-hydrogen) atoms. The summed E-state index contributed by atoms with van der Waals surface area (Å²) in [7, 11) is 0. The molecule has 0 spiro atoms. The highest BCUT2D eigenvalue weighted by molar-refractivity contribution is 7.99. The van der Waals surface area contributed by atoms with Crippen LogP contribution in [0.3, 0.4) is 0 Å². The summed E-state index contributed by atoms with van der Waals surface area (Å²) >= 11 is 1.46. The number of hydrogen-bond donors (Lipinski definition) is 1. The monoisotopic (exact) mass is 346 g/mol. The topological polar surface area (TPSA) is 85.6 Å². The van der Waals surface area contributed by atoms with E-state index in [1.54, 1.807) is 24.3 Å². The van der Waals surface area contributed by atoms with Crippen LogP contribution in [0.5, 0.6) is 0 Å². The molecule has 0 saturated heterocycles. The average Bonchev–Trinajstić information content (AvgIpc) is 3.10. The first-order chi connectivity index (χ1) is 12.2. The van der Waals surface area contributed by atoms with Crippen LogP contribution in [0, 0.1) is 22.7 Å². The molecule has 6 heteroatoms. The molecule has 0 radical (unpaired) electrons. The number of thioether (sulfide) groups is 1. The molecule has 1 N–H and O–H groups in total. The molecule has 0 aliphatic heterocycles. The van der Waals surface area contributed by atoms with Crippen LogP contribution in [0.1, 0.15) is 11.1 Å². The number of hydrogen-bond acceptors (Lipinski definition) is 5. The highest BCUT2D eigenvalue weighted by atomic mass is 32.2. The summed E-state index contributed by atoms with van der Waals surface area (Å²) in [5.74, 6) is 0.542. The molecule has 2 aromatic carbocycles. The van der Waals surface area contributed by atoms with Crippen LogP contribution in [0.2, 0.25) is 0 Å². The molecule has 0 aliphatic carbocycles. The molecule has 122 valence electrons. The number of nitriles is 2. The minimum atomic E-state index is 0.0666. The lowest BCUT2D eigenvalue weighted by Gasteiger charge is -2.06. The lowest BCUT2D eigenvalue weighted by atomic mass is 10.1. The van der Waals surface area contributed by atoms with Gasteiger partial charge in [0.25, 0.3) is 0 Å². The molecule has 3 aromatic rings. The molecule has 3 rings (SSSR count). The van der Waals surface area contributed by atoms with E-state index >= 15 is 0 Å². The van der Waals surface area contributed by atoms with Gasteiger partial charge in [0.2, 0.25) is 0 Å². The average molecular weight is 346 g/mol. The van der Waals surface area contributed by atoms with Crippen LogP contribution < -0.4 is 0 Å². The van der Waals surface area contributed by atoms with Gasteiger partial charge in [0.1, 0.15) is 0 Å². The Kier molecular flexibility index (Phi) is 5.15. The molecule has 0 unspecified atom stereocenters.